The minimum Gasteiger partial charge on any atom is -0.481 e. The first-order valence-corrected chi connectivity index (χ1v) is 3.96. The average molecular weight is 184 g/mol. The highest BCUT2D eigenvalue weighted by atomic mass is 16.4. The average Bonchev–Trinajstić information content (AvgIpc) is 2.45. The van der Waals surface area contributed by atoms with Gasteiger partial charge in [-0.25, -0.2) is 0 Å². The van der Waals surface area contributed by atoms with Crippen LogP contribution in [-0.4, -0.2) is 32.6 Å². The molecule has 0 bridgehead atoms. The number of aryl methyl sites for hydroxylation is 1. The van der Waals surface area contributed by atoms with Crippen molar-refractivity contribution in [3.8, 4) is 0 Å². The van der Waals surface area contributed by atoms with Crippen molar-refractivity contribution in [2.24, 2.45) is 7.05 Å². The number of hydrogen-bond acceptors (Lipinski definition) is 4. The molecule has 1 aromatic rings. The van der Waals surface area contributed by atoms with E-state index >= 15 is 0 Å². The molecule has 0 aromatic carbocycles. The predicted molar refractivity (Wildman–Crippen MR) is 45.0 cm³/mol. The summed E-state index contributed by atoms with van der Waals surface area (Å²) in [6.45, 7) is 1.01. The number of aromatic nitrogens is 3. The molecule has 0 atom stereocenters. The van der Waals surface area contributed by atoms with E-state index in [-0.39, 0.29) is 6.42 Å². The van der Waals surface area contributed by atoms with E-state index in [0.717, 1.165) is 5.69 Å². The zero-order valence-electron chi connectivity index (χ0n) is 7.40. The third-order valence-corrected chi connectivity index (χ3v) is 1.47. The van der Waals surface area contributed by atoms with Crippen molar-refractivity contribution in [1.29, 1.82) is 0 Å². The molecule has 0 radical (unpaired) electrons. The number of hydrogen-bond donors (Lipinski definition) is 2. The molecule has 2 N–H and O–H groups in total. The van der Waals surface area contributed by atoms with E-state index < -0.39 is 5.97 Å². The molecule has 0 aliphatic rings. The Morgan fingerprint density at radius 2 is 2.54 bits per heavy atom. The Morgan fingerprint density at radius 3 is 3.08 bits per heavy atom. The van der Waals surface area contributed by atoms with Crippen molar-refractivity contribution in [1.82, 2.24) is 20.3 Å². The van der Waals surface area contributed by atoms with Crippen LogP contribution in [0.5, 0.6) is 0 Å². The number of carboxylic acids is 1. The second-order valence-corrected chi connectivity index (χ2v) is 2.70. The molecule has 1 heterocycles. The summed E-state index contributed by atoms with van der Waals surface area (Å²) in [6.07, 6.45) is 1.91. The Balaban J connectivity index is 2.16. The van der Waals surface area contributed by atoms with Crippen LogP contribution in [0, 0.1) is 0 Å². The summed E-state index contributed by atoms with van der Waals surface area (Å²) >= 11 is 0. The van der Waals surface area contributed by atoms with Crippen molar-refractivity contribution in [3.63, 3.8) is 0 Å². The lowest BCUT2D eigenvalue weighted by molar-refractivity contribution is -0.136. The van der Waals surface area contributed by atoms with Crippen LogP contribution in [-0.2, 0) is 18.4 Å². The molecule has 0 aliphatic carbocycles. The molecule has 6 nitrogen and oxygen atoms in total. The van der Waals surface area contributed by atoms with E-state index in [1.165, 1.54) is 0 Å². The molecule has 1 rings (SSSR count). The number of nitrogens with zero attached hydrogens (tertiary/aromatic N) is 3. The van der Waals surface area contributed by atoms with Crippen LogP contribution in [0.4, 0.5) is 0 Å². The van der Waals surface area contributed by atoms with E-state index in [1.54, 1.807) is 17.9 Å². The summed E-state index contributed by atoms with van der Waals surface area (Å²) in [7, 11) is 1.79. The first-order chi connectivity index (χ1) is 6.18. The highest BCUT2D eigenvalue weighted by molar-refractivity contribution is 5.66. The summed E-state index contributed by atoms with van der Waals surface area (Å²) in [4.78, 5) is 10.1. The van der Waals surface area contributed by atoms with Crippen LogP contribution in [0.15, 0.2) is 6.20 Å². The molecule has 13 heavy (non-hydrogen) atoms. The highest BCUT2D eigenvalue weighted by Crippen LogP contribution is 1.89. The van der Waals surface area contributed by atoms with Crippen LogP contribution in [0.2, 0.25) is 0 Å². The molecule has 6 heteroatoms. The van der Waals surface area contributed by atoms with Crippen LogP contribution in [0.3, 0.4) is 0 Å². The molecule has 0 unspecified atom stereocenters. The second kappa shape index (κ2) is 4.56. The maximum Gasteiger partial charge on any atom is 0.304 e. The van der Waals surface area contributed by atoms with E-state index in [2.05, 4.69) is 15.6 Å². The van der Waals surface area contributed by atoms with Crippen LogP contribution < -0.4 is 5.32 Å². The number of nitrogens with one attached hydrogen (secondary N) is 1. The fraction of sp³-hybridized carbons (Fsp3) is 0.571. The van der Waals surface area contributed by atoms with Gasteiger partial charge in [0.2, 0.25) is 0 Å². The third kappa shape index (κ3) is 3.66. The second-order valence-electron chi connectivity index (χ2n) is 2.70. The Bertz CT molecular complexity index is 284. The number of carbonyl (C=O) groups is 1. The Labute approximate surface area is 75.6 Å². The number of rotatable bonds is 5. The van der Waals surface area contributed by atoms with E-state index in [4.69, 9.17) is 5.11 Å². The molecule has 0 aliphatic heterocycles. The lowest BCUT2D eigenvalue weighted by Gasteiger charge is -1.97. The summed E-state index contributed by atoms with van der Waals surface area (Å²) < 4.78 is 1.61. The summed E-state index contributed by atoms with van der Waals surface area (Å²) in [5.41, 5.74) is 0.813. The number of carboxylic acid groups (broad SMARTS) is 1. The van der Waals surface area contributed by atoms with Gasteiger partial charge in [0.05, 0.1) is 12.1 Å². The van der Waals surface area contributed by atoms with Gasteiger partial charge in [0.25, 0.3) is 0 Å². The largest absolute Gasteiger partial charge is 0.481 e. The molecule has 0 amide bonds. The van der Waals surface area contributed by atoms with Crippen LogP contribution >= 0.6 is 0 Å². The van der Waals surface area contributed by atoms with Crippen molar-refractivity contribution >= 4 is 5.97 Å². The molecule has 72 valence electrons. The van der Waals surface area contributed by atoms with Gasteiger partial charge < -0.3 is 10.4 Å². The Kier molecular flexibility index (Phi) is 3.39. The predicted octanol–water partition coefficient (Wildman–Crippen LogP) is -0.621. The molecule has 0 saturated carbocycles. The van der Waals surface area contributed by atoms with Crippen molar-refractivity contribution in [2.45, 2.75) is 13.0 Å². The first kappa shape index (κ1) is 9.66. The van der Waals surface area contributed by atoms with Gasteiger partial charge in [0.15, 0.2) is 0 Å². The molecular formula is C7H12N4O2. The van der Waals surface area contributed by atoms with Gasteiger partial charge in [0.1, 0.15) is 0 Å². The van der Waals surface area contributed by atoms with Crippen LogP contribution in [0.25, 0.3) is 0 Å². The molecule has 0 fully saturated rings. The molecule has 0 spiro atoms. The lowest BCUT2D eigenvalue weighted by Crippen LogP contribution is -2.17. The summed E-state index contributed by atoms with van der Waals surface area (Å²) in [5, 5.41) is 18.9. The van der Waals surface area contributed by atoms with Gasteiger partial charge in [-0.1, -0.05) is 5.21 Å². The maximum absolute atomic E-state index is 10.1. The third-order valence-electron chi connectivity index (χ3n) is 1.47. The fourth-order valence-corrected chi connectivity index (χ4v) is 0.888. The zero-order valence-corrected chi connectivity index (χ0v) is 7.40. The first-order valence-electron chi connectivity index (χ1n) is 3.96. The van der Waals surface area contributed by atoms with Gasteiger partial charge >= 0.3 is 5.97 Å². The summed E-state index contributed by atoms with van der Waals surface area (Å²) in [6, 6.07) is 0. The minimum atomic E-state index is -0.799. The van der Waals surface area contributed by atoms with Crippen molar-refractivity contribution in [3.05, 3.63) is 11.9 Å². The Morgan fingerprint density at radius 1 is 1.77 bits per heavy atom. The fourth-order valence-electron chi connectivity index (χ4n) is 0.888. The highest BCUT2D eigenvalue weighted by Gasteiger charge is 1.98. The molecule has 0 saturated heterocycles. The quantitative estimate of drug-likeness (QED) is 0.596. The standard InChI is InChI=1S/C7H12N4O2/c1-11-5-6(9-10-11)4-8-3-2-7(12)13/h5,8H,2-4H2,1H3,(H,12,13). The summed E-state index contributed by atoms with van der Waals surface area (Å²) in [5.74, 6) is -0.799. The van der Waals surface area contributed by atoms with E-state index in [1.807, 2.05) is 0 Å². The maximum atomic E-state index is 10.1. The van der Waals surface area contributed by atoms with Crippen molar-refractivity contribution in [2.75, 3.05) is 6.54 Å². The molecule has 1 aromatic heterocycles. The van der Waals surface area contributed by atoms with E-state index in [9.17, 15) is 4.79 Å². The smallest absolute Gasteiger partial charge is 0.304 e. The zero-order chi connectivity index (χ0) is 9.68. The van der Waals surface area contributed by atoms with Crippen molar-refractivity contribution < 1.29 is 9.90 Å². The number of aliphatic carboxylic acids is 1. The minimum absolute atomic E-state index is 0.125. The normalized spacial score (nSPS) is 10.2. The van der Waals surface area contributed by atoms with Gasteiger partial charge in [0, 0.05) is 26.3 Å². The topological polar surface area (TPSA) is 80.0 Å². The van der Waals surface area contributed by atoms with E-state index in [0.29, 0.717) is 13.1 Å². The van der Waals surface area contributed by atoms with Gasteiger partial charge in [-0.05, 0) is 0 Å². The SMILES string of the molecule is Cn1cc(CNCCC(=O)O)nn1. The monoisotopic (exact) mass is 184 g/mol. The molecular weight excluding hydrogens is 172 g/mol. The van der Waals surface area contributed by atoms with Gasteiger partial charge in [-0.3, -0.25) is 9.48 Å². The Hall–Kier alpha value is -1.43. The van der Waals surface area contributed by atoms with Gasteiger partial charge in [-0.2, -0.15) is 0 Å². The van der Waals surface area contributed by atoms with Crippen LogP contribution in [0.1, 0.15) is 12.1 Å². The van der Waals surface area contributed by atoms with Gasteiger partial charge in [-0.15, -0.1) is 5.10 Å². The lowest BCUT2D eigenvalue weighted by atomic mass is 10.4.